The summed E-state index contributed by atoms with van der Waals surface area (Å²) in [5.74, 6) is -0.0603. The molecule has 4 rings (SSSR count). The van der Waals surface area contributed by atoms with E-state index in [2.05, 4.69) is 32.0 Å². The third-order valence-corrected chi connectivity index (χ3v) is 6.46. The molecule has 0 aliphatic heterocycles. The van der Waals surface area contributed by atoms with Crippen molar-refractivity contribution in [1.29, 1.82) is 0 Å². The van der Waals surface area contributed by atoms with E-state index in [1.807, 2.05) is 56.4 Å². The Bertz CT molecular complexity index is 1050. The van der Waals surface area contributed by atoms with Crippen LogP contribution in [0.3, 0.4) is 0 Å². The van der Waals surface area contributed by atoms with Crippen molar-refractivity contribution in [3.63, 3.8) is 0 Å². The van der Waals surface area contributed by atoms with Gasteiger partial charge in [0.2, 0.25) is 0 Å². The maximum absolute atomic E-state index is 13.0. The van der Waals surface area contributed by atoms with Gasteiger partial charge in [0, 0.05) is 18.0 Å². The number of thiazole rings is 1. The molecule has 0 saturated carbocycles. The molecule has 2 heterocycles. The molecule has 2 aromatic carbocycles. The highest BCUT2D eigenvalue weighted by molar-refractivity contribution is 9.10. The molecule has 0 aliphatic rings. The molecule has 1 amide bonds. The van der Waals surface area contributed by atoms with Gasteiger partial charge < -0.3 is 9.88 Å². The quantitative estimate of drug-likeness (QED) is 0.490. The first-order valence-corrected chi connectivity index (χ1v) is 9.56. The minimum absolute atomic E-state index is 0.0603. The van der Waals surface area contributed by atoms with E-state index >= 15 is 0 Å². The van der Waals surface area contributed by atoms with Crippen molar-refractivity contribution in [2.45, 2.75) is 13.0 Å². The second-order valence-corrected chi connectivity index (χ2v) is 7.83. The minimum atomic E-state index is -0.108. The summed E-state index contributed by atoms with van der Waals surface area (Å²) in [6.07, 6.45) is 0. The zero-order chi connectivity index (χ0) is 17.6. The number of hydrogen-bond donors (Lipinski definition) is 1. The second-order valence-electron chi connectivity index (χ2n) is 5.97. The summed E-state index contributed by atoms with van der Waals surface area (Å²) in [6.45, 7) is 2.01. The third-order valence-electron chi connectivity index (χ3n) is 4.43. The molecule has 0 unspecified atom stereocenters. The predicted molar refractivity (Wildman–Crippen MR) is 106 cm³/mol. The zero-order valence-electron chi connectivity index (χ0n) is 13.8. The van der Waals surface area contributed by atoms with E-state index in [-0.39, 0.29) is 11.9 Å². The van der Waals surface area contributed by atoms with Crippen LogP contribution in [0.5, 0.6) is 0 Å². The van der Waals surface area contributed by atoms with Crippen LogP contribution >= 0.6 is 27.3 Å². The van der Waals surface area contributed by atoms with Crippen molar-refractivity contribution in [1.82, 2.24) is 14.9 Å². The fraction of sp³-hybridized carbons (Fsp3) is 0.158. The van der Waals surface area contributed by atoms with Gasteiger partial charge in [-0.15, -0.1) is 11.3 Å². The Morgan fingerprint density at radius 2 is 1.92 bits per heavy atom. The van der Waals surface area contributed by atoms with Crippen LogP contribution in [-0.2, 0) is 0 Å². The first kappa shape index (κ1) is 16.3. The number of carbonyl (C=O) groups excluding carboxylic acids is 1. The fourth-order valence-corrected chi connectivity index (χ4v) is 4.52. The number of rotatable bonds is 3. The Labute approximate surface area is 157 Å². The molecule has 1 N–H and O–H groups in total. The topological polar surface area (TPSA) is 49.0 Å². The molecule has 0 aliphatic carbocycles. The molecule has 4 aromatic rings. The maximum atomic E-state index is 13.0. The molecule has 6 heteroatoms. The molecule has 0 radical (unpaired) electrons. The molecule has 0 bridgehead atoms. The average molecular weight is 414 g/mol. The lowest BCUT2D eigenvalue weighted by Gasteiger charge is -2.22. The predicted octanol–water partition coefficient (Wildman–Crippen LogP) is 5.37. The van der Waals surface area contributed by atoms with Crippen LogP contribution in [0.4, 0.5) is 0 Å². The number of nitrogens with zero attached hydrogens (tertiary/aromatic N) is 2. The highest BCUT2D eigenvalue weighted by Gasteiger charge is 2.25. The van der Waals surface area contributed by atoms with Crippen molar-refractivity contribution >= 4 is 54.3 Å². The molecular formula is C19H16BrN3OS. The van der Waals surface area contributed by atoms with Gasteiger partial charge in [-0.05, 0) is 41.1 Å². The number of hydrogen-bond acceptors (Lipinski definition) is 3. The van der Waals surface area contributed by atoms with E-state index in [9.17, 15) is 4.79 Å². The van der Waals surface area contributed by atoms with Gasteiger partial charge >= 0.3 is 0 Å². The fourth-order valence-electron chi connectivity index (χ4n) is 2.84. The van der Waals surface area contributed by atoms with E-state index in [0.717, 1.165) is 30.6 Å². The Morgan fingerprint density at radius 1 is 1.20 bits per heavy atom. The van der Waals surface area contributed by atoms with E-state index in [1.165, 1.54) is 0 Å². The Morgan fingerprint density at radius 3 is 2.68 bits per heavy atom. The molecular weight excluding hydrogens is 398 g/mol. The molecule has 126 valence electrons. The Balaban J connectivity index is 1.67. The van der Waals surface area contributed by atoms with Crippen LogP contribution in [0, 0.1) is 0 Å². The van der Waals surface area contributed by atoms with Crippen LogP contribution < -0.4 is 0 Å². The van der Waals surface area contributed by atoms with Crippen molar-refractivity contribution in [3.8, 4) is 0 Å². The molecule has 2 aromatic heterocycles. The minimum Gasteiger partial charge on any atom is -0.350 e. The summed E-state index contributed by atoms with van der Waals surface area (Å²) in [5.41, 5.74) is 2.48. The van der Waals surface area contributed by atoms with Crippen LogP contribution in [0.25, 0.3) is 21.1 Å². The normalized spacial score (nSPS) is 12.6. The average Bonchev–Trinajstić information content (AvgIpc) is 3.21. The van der Waals surface area contributed by atoms with Crippen LogP contribution in [-0.4, -0.2) is 27.8 Å². The number of aromatic amines is 1. The first-order valence-electron chi connectivity index (χ1n) is 7.95. The standard InChI is InChI=1S/C19H16BrN3OS/c1-11(18-22-14-9-5-6-10-15(14)25-18)23(2)19(24)17-16(20)12-7-3-4-8-13(12)21-17/h3-11,21H,1-2H3/t11-/m0/s1. The summed E-state index contributed by atoms with van der Waals surface area (Å²) in [5, 5.41) is 1.94. The number of para-hydroxylation sites is 2. The van der Waals surface area contributed by atoms with Gasteiger partial charge in [-0.3, -0.25) is 4.79 Å². The van der Waals surface area contributed by atoms with Crippen LogP contribution in [0.15, 0.2) is 53.0 Å². The zero-order valence-corrected chi connectivity index (χ0v) is 16.2. The molecule has 0 spiro atoms. The number of amides is 1. The summed E-state index contributed by atoms with van der Waals surface area (Å²) in [6, 6.07) is 15.8. The number of fused-ring (bicyclic) bond motifs is 2. The van der Waals surface area contributed by atoms with Crippen LogP contribution in [0.1, 0.15) is 28.5 Å². The summed E-state index contributed by atoms with van der Waals surface area (Å²) >= 11 is 5.19. The highest BCUT2D eigenvalue weighted by Crippen LogP contribution is 2.32. The van der Waals surface area contributed by atoms with Gasteiger partial charge in [0.25, 0.3) is 5.91 Å². The number of aromatic nitrogens is 2. The monoisotopic (exact) mass is 413 g/mol. The molecule has 1 atom stereocenters. The van der Waals surface area contributed by atoms with Crippen molar-refractivity contribution in [3.05, 3.63) is 63.7 Å². The lowest BCUT2D eigenvalue weighted by Crippen LogP contribution is -2.30. The third kappa shape index (κ3) is 2.75. The van der Waals surface area contributed by atoms with Gasteiger partial charge in [0.1, 0.15) is 10.7 Å². The van der Waals surface area contributed by atoms with Gasteiger partial charge in [-0.1, -0.05) is 30.3 Å². The molecule has 0 fully saturated rings. The van der Waals surface area contributed by atoms with E-state index in [4.69, 9.17) is 0 Å². The smallest absolute Gasteiger partial charge is 0.271 e. The number of H-pyrrole nitrogens is 1. The second kappa shape index (κ2) is 6.28. The van der Waals surface area contributed by atoms with Gasteiger partial charge in [0.15, 0.2) is 0 Å². The SMILES string of the molecule is C[C@@H](c1nc2ccccc2s1)N(C)C(=O)c1[nH]c2ccccc2c1Br. The first-order chi connectivity index (χ1) is 12.1. The van der Waals surface area contributed by atoms with Crippen LogP contribution in [0.2, 0.25) is 0 Å². The lowest BCUT2D eigenvalue weighted by molar-refractivity contribution is 0.0736. The number of halogens is 1. The Hall–Kier alpha value is -2.18. The van der Waals surface area contributed by atoms with E-state index in [0.29, 0.717) is 5.69 Å². The maximum Gasteiger partial charge on any atom is 0.271 e. The van der Waals surface area contributed by atoms with Gasteiger partial charge in [-0.25, -0.2) is 4.98 Å². The highest BCUT2D eigenvalue weighted by atomic mass is 79.9. The molecule has 25 heavy (non-hydrogen) atoms. The van der Waals surface area contributed by atoms with Crippen molar-refractivity contribution in [2.24, 2.45) is 0 Å². The molecule has 0 saturated heterocycles. The summed E-state index contributed by atoms with van der Waals surface area (Å²) in [4.78, 5) is 22.6. The summed E-state index contributed by atoms with van der Waals surface area (Å²) < 4.78 is 1.94. The Kier molecular flexibility index (Phi) is 4.09. The molecule has 4 nitrogen and oxygen atoms in total. The van der Waals surface area contributed by atoms with Gasteiger partial charge in [-0.2, -0.15) is 0 Å². The summed E-state index contributed by atoms with van der Waals surface area (Å²) in [7, 11) is 1.82. The number of benzene rings is 2. The van der Waals surface area contributed by atoms with Gasteiger partial charge in [0.05, 0.1) is 20.7 Å². The van der Waals surface area contributed by atoms with E-state index in [1.54, 1.807) is 16.2 Å². The number of carbonyl (C=O) groups is 1. The largest absolute Gasteiger partial charge is 0.350 e. The number of nitrogens with one attached hydrogen (secondary N) is 1. The lowest BCUT2D eigenvalue weighted by atomic mass is 10.2. The van der Waals surface area contributed by atoms with Crippen molar-refractivity contribution in [2.75, 3.05) is 7.05 Å². The van der Waals surface area contributed by atoms with E-state index < -0.39 is 0 Å². The van der Waals surface area contributed by atoms with Crippen molar-refractivity contribution < 1.29 is 4.79 Å².